The summed E-state index contributed by atoms with van der Waals surface area (Å²) in [6, 6.07) is 4.41. The standard InChI is InChI=1S/C10H7ClN2O3/c1-16-7-3-6(10(14)15)2-5-4-8(11)12-13-9(5)7/h2-4H,1H3,(H,14,15). The number of carbonyl (C=O) groups is 1. The van der Waals surface area contributed by atoms with Gasteiger partial charge in [-0.15, -0.1) is 10.2 Å². The number of hydrogen-bond donors (Lipinski definition) is 1. The molecular formula is C10H7ClN2O3. The van der Waals surface area contributed by atoms with E-state index in [2.05, 4.69) is 10.2 Å². The minimum absolute atomic E-state index is 0.119. The molecular weight excluding hydrogens is 232 g/mol. The van der Waals surface area contributed by atoms with Crippen molar-refractivity contribution >= 4 is 28.5 Å². The maximum atomic E-state index is 10.9. The number of halogens is 1. The number of fused-ring (bicyclic) bond motifs is 1. The van der Waals surface area contributed by atoms with E-state index < -0.39 is 5.97 Å². The summed E-state index contributed by atoms with van der Waals surface area (Å²) in [4.78, 5) is 10.9. The van der Waals surface area contributed by atoms with Gasteiger partial charge in [0.25, 0.3) is 0 Å². The molecule has 0 aliphatic rings. The first-order chi connectivity index (χ1) is 7.61. The number of hydrogen-bond acceptors (Lipinski definition) is 4. The van der Waals surface area contributed by atoms with E-state index >= 15 is 0 Å². The lowest BCUT2D eigenvalue weighted by Crippen LogP contribution is -1.99. The Hall–Kier alpha value is -1.88. The highest BCUT2D eigenvalue weighted by atomic mass is 35.5. The Morgan fingerprint density at radius 2 is 2.12 bits per heavy atom. The van der Waals surface area contributed by atoms with Gasteiger partial charge in [0.1, 0.15) is 11.3 Å². The van der Waals surface area contributed by atoms with Crippen LogP contribution in [0.4, 0.5) is 0 Å². The number of carboxylic acid groups (broad SMARTS) is 1. The van der Waals surface area contributed by atoms with Crippen molar-refractivity contribution < 1.29 is 14.6 Å². The number of methoxy groups -OCH3 is 1. The number of ether oxygens (including phenoxy) is 1. The van der Waals surface area contributed by atoms with E-state index in [1.807, 2.05) is 0 Å². The average molecular weight is 239 g/mol. The van der Waals surface area contributed by atoms with E-state index in [0.29, 0.717) is 16.7 Å². The van der Waals surface area contributed by atoms with Crippen LogP contribution in [0.3, 0.4) is 0 Å². The molecule has 2 aromatic rings. The van der Waals surface area contributed by atoms with Gasteiger partial charge in [0.2, 0.25) is 0 Å². The first-order valence-electron chi connectivity index (χ1n) is 4.36. The highest BCUT2D eigenvalue weighted by Gasteiger charge is 2.11. The summed E-state index contributed by atoms with van der Waals surface area (Å²) in [5, 5.41) is 17.2. The first kappa shape index (κ1) is 10.6. The predicted octanol–water partition coefficient (Wildman–Crippen LogP) is 1.99. The monoisotopic (exact) mass is 238 g/mol. The summed E-state index contributed by atoms with van der Waals surface area (Å²) < 4.78 is 5.05. The molecule has 0 radical (unpaired) electrons. The lowest BCUT2D eigenvalue weighted by atomic mass is 10.1. The van der Waals surface area contributed by atoms with E-state index in [0.717, 1.165) is 0 Å². The number of benzene rings is 1. The van der Waals surface area contributed by atoms with Crippen LogP contribution in [0, 0.1) is 0 Å². The Balaban J connectivity index is 2.78. The molecule has 0 saturated carbocycles. The Labute approximate surface area is 95.6 Å². The van der Waals surface area contributed by atoms with Crippen molar-refractivity contribution in [3.63, 3.8) is 0 Å². The van der Waals surface area contributed by atoms with E-state index in [-0.39, 0.29) is 10.7 Å². The zero-order chi connectivity index (χ0) is 11.7. The number of nitrogens with zero attached hydrogens (tertiary/aromatic N) is 2. The Morgan fingerprint density at radius 3 is 2.75 bits per heavy atom. The molecule has 1 N–H and O–H groups in total. The number of carboxylic acids is 1. The Kier molecular flexibility index (Phi) is 2.62. The fraction of sp³-hybridized carbons (Fsp3) is 0.100. The maximum absolute atomic E-state index is 10.9. The van der Waals surface area contributed by atoms with Crippen LogP contribution in [-0.2, 0) is 0 Å². The Morgan fingerprint density at radius 1 is 1.38 bits per heavy atom. The van der Waals surface area contributed by atoms with Crippen LogP contribution in [0.5, 0.6) is 5.75 Å². The number of aromatic nitrogens is 2. The summed E-state index contributed by atoms with van der Waals surface area (Å²) in [6.07, 6.45) is 0. The van der Waals surface area contributed by atoms with Crippen molar-refractivity contribution in [2.75, 3.05) is 7.11 Å². The molecule has 16 heavy (non-hydrogen) atoms. The molecule has 1 heterocycles. The van der Waals surface area contributed by atoms with Gasteiger partial charge >= 0.3 is 5.97 Å². The van der Waals surface area contributed by atoms with Crippen LogP contribution in [-0.4, -0.2) is 28.4 Å². The second kappa shape index (κ2) is 3.94. The maximum Gasteiger partial charge on any atom is 0.335 e. The molecule has 0 spiro atoms. The highest BCUT2D eigenvalue weighted by molar-refractivity contribution is 6.29. The van der Waals surface area contributed by atoms with E-state index in [4.69, 9.17) is 21.4 Å². The van der Waals surface area contributed by atoms with Gasteiger partial charge in [-0.1, -0.05) is 11.6 Å². The zero-order valence-corrected chi connectivity index (χ0v) is 9.02. The van der Waals surface area contributed by atoms with E-state index in [1.54, 1.807) is 6.07 Å². The van der Waals surface area contributed by atoms with Gasteiger partial charge in [-0.2, -0.15) is 0 Å². The molecule has 0 unspecified atom stereocenters. The second-order valence-corrected chi connectivity index (χ2v) is 3.48. The van der Waals surface area contributed by atoms with Crippen molar-refractivity contribution in [1.82, 2.24) is 10.2 Å². The van der Waals surface area contributed by atoms with Gasteiger partial charge in [0, 0.05) is 5.39 Å². The smallest absolute Gasteiger partial charge is 0.335 e. The van der Waals surface area contributed by atoms with Crippen molar-refractivity contribution in [2.24, 2.45) is 0 Å². The summed E-state index contributed by atoms with van der Waals surface area (Å²) in [7, 11) is 1.44. The van der Waals surface area contributed by atoms with E-state index in [9.17, 15) is 4.79 Å². The van der Waals surface area contributed by atoms with Crippen LogP contribution in [0.15, 0.2) is 18.2 Å². The molecule has 0 aliphatic carbocycles. The molecule has 0 aliphatic heterocycles. The highest BCUT2D eigenvalue weighted by Crippen LogP contribution is 2.26. The van der Waals surface area contributed by atoms with Gasteiger partial charge in [-0.25, -0.2) is 4.79 Å². The lowest BCUT2D eigenvalue weighted by Gasteiger charge is -2.05. The lowest BCUT2D eigenvalue weighted by molar-refractivity contribution is 0.0696. The largest absolute Gasteiger partial charge is 0.494 e. The molecule has 1 aromatic carbocycles. The topological polar surface area (TPSA) is 72.3 Å². The minimum atomic E-state index is -1.03. The molecule has 6 heteroatoms. The molecule has 0 saturated heterocycles. The third-order valence-corrected chi connectivity index (χ3v) is 2.28. The third-order valence-electron chi connectivity index (χ3n) is 2.09. The molecule has 0 fully saturated rings. The molecule has 0 amide bonds. The fourth-order valence-corrected chi connectivity index (χ4v) is 1.54. The van der Waals surface area contributed by atoms with Crippen LogP contribution < -0.4 is 4.74 Å². The van der Waals surface area contributed by atoms with Crippen LogP contribution in [0.2, 0.25) is 5.15 Å². The average Bonchev–Trinajstić information content (AvgIpc) is 2.26. The molecule has 0 atom stereocenters. The molecule has 1 aromatic heterocycles. The minimum Gasteiger partial charge on any atom is -0.494 e. The van der Waals surface area contributed by atoms with Gasteiger partial charge in [-0.3, -0.25) is 0 Å². The van der Waals surface area contributed by atoms with Crippen LogP contribution in [0.25, 0.3) is 10.9 Å². The van der Waals surface area contributed by atoms with Crippen molar-refractivity contribution in [1.29, 1.82) is 0 Å². The Bertz CT molecular complexity index is 571. The molecule has 82 valence electrons. The molecule has 0 bridgehead atoms. The summed E-state index contributed by atoms with van der Waals surface area (Å²) in [6.45, 7) is 0. The van der Waals surface area contributed by atoms with Crippen LogP contribution >= 0.6 is 11.6 Å². The van der Waals surface area contributed by atoms with Crippen LogP contribution in [0.1, 0.15) is 10.4 Å². The predicted molar refractivity (Wildman–Crippen MR) is 58.1 cm³/mol. The second-order valence-electron chi connectivity index (χ2n) is 3.09. The summed E-state index contributed by atoms with van der Waals surface area (Å²) in [5.74, 6) is -0.674. The number of aromatic carboxylic acids is 1. The van der Waals surface area contributed by atoms with Crippen molar-refractivity contribution in [2.45, 2.75) is 0 Å². The van der Waals surface area contributed by atoms with Gasteiger partial charge in [-0.05, 0) is 18.2 Å². The first-order valence-corrected chi connectivity index (χ1v) is 4.74. The summed E-state index contributed by atoms with van der Waals surface area (Å²) >= 11 is 5.68. The molecule has 2 rings (SSSR count). The fourth-order valence-electron chi connectivity index (χ4n) is 1.38. The number of rotatable bonds is 2. The summed E-state index contributed by atoms with van der Waals surface area (Å²) in [5.41, 5.74) is 0.602. The van der Waals surface area contributed by atoms with Gasteiger partial charge < -0.3 is 9.84 Å². The zero-order valence-electron chi connectivity index (χ0n) is 8.27. The SMILES string of the molecule is COc1cc(C(=O)O)cc2cc(Cl)nnc12. The van der Waals surface area contributed by atoms with Crippen molar-refractivity contribution in [3.8, 4) is 5.75 Å². The quantitative estimate of drug-likeness (QED) is 0.866. The van der Waals surface area contributed by atoms with Gasteiger partial charge in [0.05, 0.1) is 12.7 Å². The van der Waals surface area contributed by atoms with Crippen molar-refractivity contribution in [3.05, 3.63) is 28.9 Å². The van der Waals surface area contributed by atoms with E-state index in [1.165, 1.54) is 19.2 Å². The van der Waals surface area contributed by atoms with Gasteiger partial charge in [0.15, 0.2) is 5.15 Å². The normalized spacial score (nSPS) is 10.4. The third kappa shape index (κ3) is 1.77. The molecule has 5 nitrogen and oxygen atoms in total.